The number of rotatable bonds is 6. The van der Waals surface area contributed by atoms with Crippen LogP contribution >= 0.6 is 0 Å². The third kappa shape index (κ3) is 3.74. The molecule has 3 heteroatoms. The Kier molecular flexibility index (Phi) is 5.44. The summed E-state index contributed by atoms with van der Waals surface area (Å²) in [4.78, 5) is 39.9. The highest BCUT2D eigenvalue weighted by Crippen LogP contribution is 2.24. The van der Waals surface area contributed by atoms with Crippen LogP contribution in [0.25, 0.3) is 0 Å². The Bertz CT molecular complexity index is 1140. The molecule has 0 spiro atoms. The fourth-order valence-corrected chi connectivity index (χ4v) is 3.32. The Balaban J connectivity index is 1.92. The van der Waals surface area contributed by atoms with E-state index in [4.69, 9.17) is 0 Å². The van der Waals surface area contributed by atoms with Crippen molar-refractivity contribution in [1.29, 1.82) is 0 Å². The highest BCUT2D eigenvalue weighted by atomic mass is 16.1. The van der Waals surface area contributed by atoms with Crippen molar-refractivity contribution in [1.82, 2.24) is 0 Å². The number of benzene rings is 4. The smallest absolute Gasteiger partial charge is 0.194 e. The third-order valence-corrected chi connectivity index (χ3v) is 4.80. The summed E-state index contributed by atoms with van der Waals surface area (Å²) in [7, 11) is 0. The number of ketones is 3. The minimum Gasteiger partial charge on any atom is -0.289 e. The van der Waals surface area contributed by atoms with Crippen molar-refractivity contribution in [2.75, 3.05) is 0 Å². The molecule has 0 amide bonds. The molecule has 0 bridgehead atoms. The molecule has 143 valence electrons. The minimum absolute atomic E-state index is 0.0754. The van der Waals surface area contributed by atoms with E-state index in [1.54, 1.807) is 84.9 Å². The van der Waals surface area contributed by atoms with Crippen molar-refractivity contribution in [2.45, 2.75) is 0 Å². The molecule has 0 atom stereocenters. The van der Waals surface area contributed by atoms with Gasteiger partial charge in [-0.1, -0.05) is 97.1 Å². The molecule has 0 aliphatic heterocycles. The Labute approximate surface area is 174 Å². The first-order valence-electron chi connectivity index (χ1n) is 9.51. The lowest BCUT2D eigenvalue weighted by Gasteiger charge is -2.13. The molecule has 0 aliphatic carbocycles. The van der Waals surface area contributed by atoms with Crippen LogP contribution in [0.1, 0.15) is 47.8 Å². The Morgan fingerprint density at radius 2 is 0.933 bits per heavy atom. The van der Waals surface area contributed by atoms with Crippen LogP contribution in [0.4, 0.5) is 0 Å². The number of hydrogen-bond acceptors (Lipinski definition) is 3. The minimum atomic E-state index is -0.383. The van der Waals surface area contributed by atoms with Gasteiger partial charge in [0.2, 0.25) is 0 Å². The molecule has 3 nitrogen and oxygen atoms in total. The molecule has 1 radical (unpaired) electrons. The normalized spacial score (nSPS) is 10.4. The topological polar surface area (TPSA) is 51.2 Å². The maximum absolute atomic E-state index is 13.4. The SMILES string of the molecule is O=C(c1ccccc1)c1[c]ccc(C(=O)c2ccccc2)c1C(=O)c1ccccc1. The highest BCUT2D eigenvalue weighted by Gasteiger charge is 2.26. The van der Waals surface area contributed by atoms with E-state index >= 15 is 0 Å². The lowest BCUT2D eigenvalue weighted by atomic mass is 9.87. The van der Waals surface area contributed by atoms with Gasteiger partial charge >= 0.3 is 0 Å². The summed E-state index contributed by atoms with van der Waals surface area (Å²) in [5.41, 5.74) is 1.64. The van der Waals surface area contributed by atoms with Crippen molar-refractivity contribution < 1.29 is 14.4 Å². The summed E-state index contributed by atoms with van der Waals surface area (Å²) in [6, 6.07) is 32.0. The number of carbonyl (C=O) groups excluding carboxylic acids is 3. The molecule has 0 saturated carbocycles. The third-order valence-electron chi connectivity index (χ3n) is 4.80. The zero-order valence-electron chi connectivity index (χ0n) is 16.0. The predicted octanol–water partition coefficient (Wildman–Crippen LogP) is 5.18. The summed E-state index contributed by atoms with van der Waals surface area (Å²) < 4.78 is 0. The maximum atomic E-state index is 13.4. The number of hydrogen-bond donors (Lipinski definition) is 0. The van der Waals surface area contributed by atoms with Crippen molar-refractivity contribution in [3.63, 3.8) is 0 Å². The van der Waals surface area contributed by atoms with E-state index in [9.17, 15) is 14.4 Å². The van der Waals surface area contributed by atoms with Crippen molar-refractivity contribution >= 4 is 17.3 Å². The van der Waals surface area contributed by atoms with Crippen molar-refractivity contribution in [2.24, 2.45) is 0 Å². The second kappa shape index (κ2) is 8.50. The molecule has 0 aliphatic rings. The van der Waals surface area contributed by atoms with E-state index in [0.717, 1.165) is 0 Å². The van der Waals surface area contributed by atoms with Gasteiger partial charge in [0.1, 0.15) is 0 Å². The molecule has 4 aromatic carbocycles. The standard InChI is InChI=1S/C27H17O3/c28-25(19-11-4-1-5-12-19)22-17-10-18-23(26(29)20-13-6-2-7-14-20)24(22)27(30)21-15-8-3-9-16-21/h1-17H. The van der Waals surface area contributed by atoms with E-state index in [1.165, 1.54) is 6.07 Å². The summed E-state index contributed by atoms with van der Waals surface area (Å²) >= 11 is 0. The first-order chi connectivity index (χ1) is 14.7. The van der Waals surface area contributed by atoms with E-state index in [0.29, 0.717) is 16.7 Å². The van der Waals surface area contributed by atoms with E-state index < -0.39 is 0 Å². The fourth-order valence-electron chi connectivity index (χ4n) is 3.32. The van der Waals surface area contributed by atoms with Gasteiger partial charge in [0.05, 0.1) is 0 Å². The van der Waals surface area contributed by atoms with E-state index in [1.807, 2.05) is 12.1 Å². The summed E-state index contributed by atoms with van der Waals surface area (Å²) in [5, 5.41) is 0. The van der Waals surface area contributed by atoms with Crippen molar-refractivity contribution in [3.05, 3.63) is 143 Å². The van der Waals surface area contributed by atoms with Gasteiger partial charge in [-0.15, -0.1) is 0 Å². The zero-order chi connectivity index (χ0) is 20.9. The van der Waals surface area contributed by atoms with Gasteiger partial charge in [-0.25, -0.2) is 0 Å². The molecule has 0 aromatic heterocycles. The van der Waals surface area contributed by atoms with Gasteiger partial charge in [0.15, 0.2) is 17.3 Å². The molecule has 0 fully saturated rings. The average Bonchev–Trinajstić information content (AvgIpc) is 2.84. The second-order valence-corrected chi connectivity index (χ2v) is 6.73. The quantitative estimate of drug-likeness (QED) is 0.427. The maximum Gasteiger partial charge on any atom is 0.194 e. The number of carbonyl (C=O) groups is 3. The molecule has 0 N–H and O–H groups in total. The van der Waals surface area contributed by atoms with Crippen LogP contribution in [-0.4, -0.2) is 17.3 Å². The first kappa shape index (κ1) is 19.2. The van der Waals surface area contributed by atoms with Gasteiger partial charge in [-0.05, 0) is 12.1 Å². The molecule has 0 heterocycles. The summed E-state index contributed by atoms with van der Waals surface area (Å²) in [6.45, 7) is 0. The van der Waals surface area contributed by atoms with Crippen LogP contribution in [0, 0.1) is 6.07 Å². The van der Waals surface area contributed by atoms with Gasteiger partial charge in [-0.2, -0.15) is 0 Å². The van der Waals surface area contributed by atoms with Crippen molar-refractivity contribution in [3.8, 4) is 0 Å². The van der Waals surface area contributed by atoms with Gasteiger partial charge in [0.25, 0.3) is 0 Å². The first-order valence-corrected chi connectivity index (χ1v) is 9.51. The second-order valence-electron chi connectivity index (χ2n) is 6.73. The molecule has 4 aromatic rings. The lowest BCUT2D eigenvalue weighted by Crippen LogP contribution is -2.17. The van der Waals surface area contributed by atoms with Crippen LogP contribution in [0.5, 0.6) is 0 Å². The monoisotopic (exact) mass is 389 g/mol. The van der Waals surface area contributed by atoms with Crippen LogP contribution in [0.2, 0.25) is 0 Å². The van der Waals surface area contributed by atoms with Gasteiger partial charge in [-0.3, -0.25) is 14.4 Å². The van der Waals surface area contributed by atoms with E-state index in [-0.39, 0.29) is 34.0 Å². The molecular formula is C27H17O3. The largest absolute Gasteiger partial charge is 0.289 e. The zero-order valence-corrected chi connectivity index (χ0v) is 16.0. The predicted molar refractivity (Wildman–Crippen MR) is 115 cm³/mol. The summed E-state index contributed by atoms with van der Waals surface area (Å²) in [5.74, 6) is -1.05. The average molecular weight is 389 g/mol. The van der Waals surface area contributed by atoms with Gasteiger partial charge < -0.3 is 0 Å². The van der Waals surface area contributed by atoms with Crippen LogP contribution in [0.3, 0.4) is 0 Å². The Morgan fingerprint density at radius 3 is 1.43 bits per heavy atom. The van der Waals surface area contributed by atoms with Crippen LogP contribution in [-0.2, 0) is 0 Å². The highest BCUT2D eigenvalue weighted by molar-refractivity contribution is 6.25. The molecule has 30 heavy (non-hydrogen) atoms. The Morgan fingerprint density at radius 1 is 0.500 bits per heavy atom. The van der Waals surface area contributed by atoms with Crippen LogP contribution in [0.15, 0.2) is 103 Å². The van der Waals surface area contributed by atoms with Gasteiger partial charge in [0, 0.05) is 33.4 Å². The molecule has 0 unspecified atom stereocenters. The molecular weight excluding hydrogens is 372 g/mol. The van der Waals surface area contributed by atoms with Crippen LogP contribution < -0.4 is 0 Å². The summed E-state index contributed by atoms with van der Waals surface area (Å²) in [6.07, 6.45) is 0. The molecule has 0 saturated heterocycles. The fraction of sp³-hybridized carbons (Fsp3) is 0. The molecule has 4 rings (SSSR count). The lowest BCUT2D eigenvalue weighted by molar-refractivity contribution is 0.0990. The van der Waals surface area contributed by atoms with E-state index in [2.05, 4.69) is 6.07 Å². The Hall–Kier alpha value is -4.11.